The number of nitrogens with one attached hydrogen (secondary N) is 1. The minimum atomic E-state index is -3.44. The van der Waals surface area contributed by atoms with Gasteiger partial charge in [-0.2, -0.15) is 0 Å². The number of fused-ring (bicyclic) bond motifs is 1. The van der Waals surface area contributed by atoms with Crippen molar-refractivity contribution in [1.82, 2.24) is 25.2 Å². The number of ether oxygens (including phenoxy) is 1. The van der Waals surface area contributed by atoms with E-state index < -0.39 is 9.84 Å². The van der Waals surface area contributed by atoms with Gasteiger partial charge in [0.05, 0.1) is 47.3 Å². The molecule has 11 heteroatoms. The van der Waals surface area contributed by atoms with Crippen molar-refractivity contribution in [3.05, 3.63) is 77.6 Å². The predicted molar refractivity (Wildman–Crippen MR) is 166 cm³/mol. The third-order valence-electron chi connectivity index (χ3n) is 8.32. The van der Waals surface area contributed by atoms with Crippen molar-refractivity contribution in [2.45, 2.75) is 31.3 Å². The molecule has 1 amide bonds. The molecule has 0 aliphatic carbocycles. The molecule has 3 aromatic heterocycles. The van der Waals surface area contributed by atoms with Gasteiger partial charge < -0.3 is 15.0 Å². The average molecular weight is 601 g/mol. The molecule has 0 saturated carbocycles. The number of benzene rings is 1. The fourth-order valence-corrected chi connectivity index (χ4v) is 6.97. The molecule has 6 rings (SSSR count). The van der Waals surface area contributed by atoms with E-state index in [4.69, 9.17) is 14.7 Å². The van der Waals surface area contributed by atoms with Crippen LogP contribution < -0.4 is 10.2 Å². The van der Waals surface area contributed by atoms with E-state index in [-0.39, 0.29) is 22.9 Å². The Hall–Kier alpha value is -3.93. The minimum absolute atomic E-state index is 0.148. The van der Waals surface area contributed by atoms with E-state index in [1.165, 1.54) is 6.07 Å². The minimum Gasteiger partial charge on any atom is -0.379 e. The number of hydrogen-bond donors (Lipinski definition) is 1. The molecule has 0 unspecified atom stereocenters. The van der Waals surface area contributed by atoms with Crippen LogP contribution in [-0.2, 0) is 21.1 Å². The summed E-state index contributed by atoms with van der Waals surface area (Å²) in [5, 5.41) is 3.72. The highest BCUT2D eigenvalue weighted by molar-refractivity contribution is 7.90. The monoisotopic (exact) mass is 600 g/mol. The van der Waals surface area contributed by atoms with Gasteiger partial charge in [-0.3, -0.25) is 14.7 Å². The van der Waals surface area contributed by atoms with Gasteiger partial charge in [-0.05, 0) is 60.9 Å². The van der Waals surface area contributed by atoms with Crippen molar-refractivity contribution in [3.8, 4) is 11.4 Å². The van der Waals surface area contributed by atoms with E-state index in [1.54, 1.807) is 25.3 Å². The average Bonchev–Trinajstić information content (AvgIpc) is 3.41. The number of aromatic nitrogens is 3. The highest BCUT2D eigenvalue weighted by Crippen LogP contribution is 2.28. The Kier molecular flexibility index (Phi) is 8.13. The molecule has 43 heavy (non-hydrogen) atoms. The zero-order chi connectivity index (χ0) is 30.1. The zero-order valence-electron chi connectivity index (χ0n) is 24.7. The first kappa shape index (κ1) is 29.2. The number of sulfone groups is 1. The number of aryl methyl sites for hydroxylation is 1. The molecule has 0 spiro atoms. The molecule has 2 aliphatic rings. The number of rotatable bonds is 7. The van der Waals surface area contributed by atoms with Crippen LogP contribution in [0.5, 0.6) is 0 Å². The topological polar surface area (TPSA) is 118 Å². The number of carbonyl (C=O) groups is 1. The van der Waals surface area contributed by atoms with Gasteiger partial charge in [0.1, 0.15) is 5.82 Å². The van der Waals surface area contributed by atoms with Gasteiger partial charge in [-0.25, -0.2) is 18.4 Å². The lowest BCUT2D eigenvalue weighted by Crippen LogP contribution is -2.46. The van der Waals surface area contributed by atoms with Crippen LogP contribution in [0, 0.1) is 12.8 Å². The van der Waals surface area contributed by atoms with Gasteiger partial charge in [-0.15, -0.1) is 0 Å². The van der Waals surface area contributed by atoms with Crippen LogP contribution in [0.3, 0.4) is 0 Å². The van der Waals surface area contributed by atoms with E-state index >= 15 is 0 Å². The summed E-state index contributed by atoms with van der Waals surface area (Å²) in [4.78, 5) is 32.2. The quantitative estimate of drug-likeness (QED) is 0.340. The first-order chi connectivity index (χ1) is 20.7. The van der Waals surface area contributed by atoms with Crippen molar-refractivity contribution in [1.29, 1.82) is 0 Å². The van der Waals surface area contributed by atoms with Gasteiger partial charge in [0.15, 0.2) is 9.84 Å². The number of pyridine rings is 3. The number of hydrogen-bond acceptors (Lipinski definition) is 9. The highest BCUT2D eigenvalue weighted by Gasteiger charge is 2.35. The van der Waals surface area contributed by atoms with Gasteiger partial charge in [0, 0.05) is 55.6 Å². The van der Waals surface area contributed by atoms with Crippen LogP contribution in [-0.4, -0.2) is 85.9 Å². The van der Waals surface area contributed by atoms with Crippen LogP contribution in [0.2, 0.25) is 0 Å². The van der Waals surface area contributed by atoms with E-state index in [2.05, 4.69) is 33.1 Å². The second-order valence-corrected chi connectivity index (χ2v) is 13.5. The molecule has 0 radical (unpaired) electrons. The lowest BCUT2D eigenvalue weighted by Gasteiger charge is -2.34. The molecule has 4 aromatic rings. The van der Waals surface area contributed by atoms with E-state index in [0.29, 0.717) is 23.2 Å². The molecule has 2 aliphatic heterocycles. The molecule has 2 atom stereocenters. The highest BCUT2D eigenvalue weighted by atomic mass is 32.2. The summed E-state index contributed by atoms with van der Waals surface area (Å²) >= 11 is 0. The summed E-state index contributed by atoms with van der Waals surface area (Å²) in [7, 11) is -3.44. The van der Waals surface area contributed by atoms with Crippen LogP contribution in [0.4, 0.5) is 5.82 Å². The molecular formula is C32H36N6O4S. The van der Waals surface area contributed by atoms with Crippen LogP contribution in [0.15, 0.2) is 65.7 Å². The second-order valence-electron chi connectivity index (χ2n) is 11.5. The molecule has 5 heterocycles. The maximum absolute atomic E-state index is 12.8. The summed E-state index contributed by atoms with van der Waals surface area (Å²) < 4.78 is 29.7. The Morgan fingerprint density at radius 3 is 2.60 bits per heavy atom. The predicted octanol–water partition coefficient (Wildman–Crippen LogP) is 3.49. The summed E-state index contributed by atoms with van der Waals surface area (Å²) in [5.74, 6) is 1.12. The van der Waals surface area contributed by atoms with Gasteiger partial charge in [0.25, 0.3) is 5.91 Å². The van der Waals surface area contributed by atoms with Crippen LogP contribution in [0.25, 0.3) is 22.3 Å². The molecule has 10 nitrogen and oxygen atoms in total. The van der Waals surface area contributed by atoms with E-state index in [9.17, 15) is 13.2 Å². The normalized spacial score (nSPS) is 19.6. The van der Waals surface area contributed by atoms with Crippen molar-refractivity contribution in [3.63, 3.8) is 0 Å². The van der Waals surface area contributed by atoms with Crippen LogP contribution >= 0.6 is 0 Å². The largest absolute Gasteiger partial charge is 0.379 e. The van der Waals surface area contributed by atoms with Crippen molar-refractivity contribution >= 4 is 32.5 Å². The summed E-state index contributed by atoms with van der Waals surface area (Å²) in [6.07, 6.45) is 2.88. The second kappa shape index (κ2) is 12.0. The van der Waals surface area contributed by atoms with Crippen molar-refractivity contribution < 1.29 is 17.9 Å². The molecule has 2 saturated heterocycles. The lowest BCUT2D eigenvalue weighted by atomic mass is 10.0. The molecular weight excluding hydrogens is 564 g/mol. The fourth-order valence-electron chi connectivity index (χ4n) is 5.97. The molecule has 0 bridgehead atoms. The number of anilines is 1. The molecule has 1 N–H and O–H groups in total. The van der Waals surface area contributed by atoms with Crippen molar-refractivity contribution in [2.24, 2.45) is 5.92 Å². The molecule has 2 fully saturated rings. The van der Waals surface area contributed by atoms with Gasteiger partial charge >= 0.3 is 0 Å². The standard InChI is InChI=1S/C32H36N6O4S/c1-21-7-8-23(15-30(21)43(3,40)41)32(39)34-18-25-16-28-24(17-33-25)9-10-27(35-28)26-5-4-6-31(36-26)38-19-22(2)29(20-38)37-11-13-42-14-12-37/h4-10,15-17,22,29H,11-14,18-20H2,1-3H3,(H,34,39)/t22-,29+/m1/s1. The Balaban J connectivity index is 1.17. The number of morpholine rings is 1. The van der Waals surface area contributed by atoms with Crippen molar-refractivity contribution in [2.75, 3.05) is 50.5 Å². The first-order valence-electron chi connectivity index (χ1n) is 14.5. The van der Waals surface area contributed by atoms with Gasteiger partial charge in [0.2, 0.25) is 0 Å². The SMILES string of the molecule is Cc1ccc(C(=O)NCc2cc3nc(-c4cccc(N5C[C@@H](C)[C@@H](N6CCOCC6)C5)n4)ccc3cn2)cc1S(C)(=O)=O. The molecule has 224 valence electrons. The summed E-state index contributed by atoms with van der Waals surface area (Å²) in [5.41, 5.74) is 3.84. The Morgan fingerprint density at radius 1 is 1.02 bits per heavy atom. The molecule has 1 aromatic carbocycles. The number of carbonyl (C=O) groups excluding carboxylic acids is 1. The van der Waals surface area contributed by atoms with E-state index in [1.807, 2.05) is 30.3 Å². The number of nitrogens with zero attached hydrogens (tertiary/aromatic N) is 5. The lowest BCUT2D eigenvalue weighted by molar-refractivity contribution is 0.0134. The Morgan fingerprint density at radius 2 is 1.81 bits per heavy atom. The number of amides is 1. The van der Waals surface area contributed by atoms with Crippen LogP contribution in [0.1, 0.15) is 28.5 Å². The maximum Gasteiger partial charge on any atom is 0.251 e. The Bertz CT molecular complexity index is 1770. The Labute approximate surface area is 252 Å². The van der Waals surface area contributed by atoms with E-state index in [0.717, 1.165) is 73.8 Å². The first-order valence-corrected chi connectivity index (χ1v) is 16.4. The smallest absolute Gasteiger partial charge is 0.251 e. The fraction of sp³-hybridized carbons (Fsp3) is 0.375. The summed E-state index contributed by atoms with van der Waals surface area (Å²) in [6.45, 7) is 9.66. The maximum atomic E-state index is 12.8. The zero-order valence-corrected chi connectivity index (χ0v) is 25.5. The summed E-state index contributed by atoms with van der Waals surface area (Å²) in [6, 6.07) is 17.0. The van der Waals surface area contributed by atoms with Gasteiger partial charge in [-0.1, -0.05) is 19.1 Å². The third-order valence-corrected chi connectivity index (χ3v) is 9.56. The third kappa shape index (κ3) is 6.39.